The number of aromatic nitrogens is 2. The molecule has 0 aliphatic carbocycles. The molecule has 0 saturated carbocycles. The molecule has 0 aromatic carbocycles. The first-order valence-corrected chi connectivity index (χ1v) is 8.15. The minimum atomic E-state index is -0.187. The Labute approximate surface area is 136 Å². The maximum absolute atomic E-state index is 12.7. The van der Waals surface area contributed by atoms with Crippen LogP contribution in [0.2, 0.25) is 0 Å². The number of rotatable bonds is 3. The molecule has 0 N–H and O–H groups in total. The third kappa shape index (κ3) is 3.28. The first-order valence-electron chi connectivity index (χ1n) is 8.15. The molecule has 0 unspecified atom stereocenters. The number of piperazine rings is 1. The Bertz CT molecular complexity index is 569. The van der Waals surface area contributed by atoms with Crippen LogP contribution in [0.4, 0.5) is 5.82 Å². The van der Waals surface area contributed by atoms with Gasteiger partial charge >= 0.3 is 0 Å². The fourth-order valence-electron chi connectivity index (χ4n) is 3.26. The molecule has 2 fully saturated rings. The maximum atomic E-state index is 12.7. The Morgan fingerprint density at radius 3 is 2.52 bits per heavy atom. The number of hydrogen-bond acceptors (Lipinski definition) is 5. The number of nitrogens with zero attached hydrogens (tertiary/aromatic N) is 5. The lowest BCUT2D eigenvalue weighted by Crippen LogP contribution is -2.51. The summed E-state index contributed by atoms with van der Waals surface area (Å²) in [6.07, 6.45) is 5.42. The fourth-order valence-corrected chi connectivity index (χ4v) is 3.26. The van der Waals surface area contributed by atoms with Crippen LogP contribution in [-0.2, 0) is 9.59 Å². The van der Waals surface area contributed by atoms with Gasteiger partial charge in [0.05, 0.1) is 12.1 Å². The molecule has 0 radical (unpaired) electrons. The number of anilines is 1. The second-order valence-corrected chi connectivity index (χ2v) is 6.42. The minimum absolute atomic E-state index is 0.0940. The number of hydrogen-bond donors (Lipinski definition) is 0. The van der Waals surface area contributed by atoms with E-state index in [-0.39, 0.29) is 23.8 Å². The molecule has 7 heteroatoms. The van der Waals surface area contributed by atoms with Crippen LogP contribution < -0.4 is 4.90 Å². The zero-order valence-corrected chi connectivity index (χ0v) is 13.7. The van der Waals surface area contributed by atoms with Crippen molar-refractivity contribution in [2.45, 2.75) is 26.3 Å². The second-order valence-electron chi connectivity index (χ2n) is 6.42. The zero-order chi connectivity index (χ0) is 16.4. The van der Waals surface area contributed by atoms with Gasteiger partial charge in [-0.2, -0.15) is 0 Å². The third-order valence-electron chi connectivity index (χ3n) is 4.60. The predicted molar refractivity (Wildman–Crippen MR) is 85.8 cm³/mol. The molecule has 2 aliphatic rings. The highest BCUT2D eigenvalue weighted by Crippen LogP contribution is 2.23. The van der Waals surface area contributed by atoms with Crippen molar-refractivity contribution in [3.63, 3.8) is 0 Å². The molecule has 1 aromatic heterocycles. The Kier molecular flexibility index (Phi) is 4.45. The fraction of sp³-hybridized carbons (Fsp3) is 0.625. The van der Waals surface area contributed by atoms with Crippen molar-refractivity contribution < 1.29 is 9.59 Å². The van der Waals surface area contributed by atoms with E-state index in [1.54, 1.807) is 23.5 Å². The predicted octanol–water partition coefficient (Wildman–Crippen LogP) is 0.382. The molecule has 2 aliphatic heterocycles. The largest absolute Gasteiger partial charge is 0.352 e. The molecule has 0 bridgehead atoms. The van der Waals surface area contributed by atoms with Crippen molar-refractivity contribution in [2.75, 3.05) is 37.6 Å². The summed E-state index contributed by atoms with van der Waals surface area (Å²) < 4.78 is 0. The number of carbonyl (C=O) groups excluding carboxylic acids is 2. The van der Waals surface area contributed by atoms with Crippen LogP contribution >= 0.6 is 0 Å². The maximum Gasteiger partial charge on any atom is 0.228 e. The van der Waals surface area contributed by atoms with Gasteiger partial charge in [-0.05, 0) is 13.8 Å². The van der Waals surface area contributed by atoms with Crippen molar-refractivity contribution in [3.8, 4) is 0 Å². The Hall–Kier alpha value is -2.18. The van der Waals surface area contributed by atoms with E-state index in [0.717, 1.165) is 18.9 Å². The van der Waals surface area contributed by atoms with Gasteiger partial charge in [0.1, 0.15) is 5.82 Å². The van der Waals surface area contributed by atoms with Crippen molar-refractivity contribution >= 4 is 17.6 Å². The Balaban J connectivity index is 1.56. The Morgan fingerprint density at radius 2 is 1.96 bits per heavy atom. The molecule has 0 spiro atoms. The minimum Gasteiger partial charge on any atom is -0.352 e. The molecule has 3 heterocycles. The normalized spacial score (nSPS) is 22.1. The highest BCUT2D eigenvalue weighted by molar-refractivity contribution is 5.89. The summed E-state index contributed by atoms with van der Waals surface area (Å²) in [6.45, 7) is 7.37. The van der Waals surface area contributed by atoms with E-state index in [1.807, 2.05) is 18.7 Å². The molecule has 124 valence electrons. The van der Waals surface area contributed by atoms with E-state index in [0.29, 0.717) is 26.1 Å². The van der Waals surface area contributed by atoms with Crippen molar-refractivity contribution in [3.05, 3.63) is 18.6 Å². The van der Waals surface area contributed by atoms with Gasteiger partial charge in [0.15, 0.2) is 0 Å². The quantitative estimate of drug-likeness (QED) is 0.806. The first-order chi connectivity index (χ1) is 11.1. The molecule has 2 amide bonds. The van der Waals surface area contributed by atoms with Crippen LogP contribution in [0.3, 0.4) is 0 Å². The molecule has 23 heavy (non-hydrogen) atoms. The van der Waals surface area contributed by atoms with Gasteiger partial charge in [0.2, 0.25) is 11.8 Å². The zero-order valence-electron chi connectivity index (χ0n) is 13.7. The highest BCUT2D eigenvalue weighted by Gasteiger charge is 2.38. The molecule has 3 rings (SSSR count). The van der Waals surface area contributed by atoms with E-state index in [4.69, 9.17) is 0 Å². The van der Waals surface area contributed by atoms with Gasteiger partial charge < -0.3 is 14.7 Å². The molecule has 1 aromatic rings. The van der Waals surface area contributed by atoms with Crippen LogP contribution in [0.25, 0.3) is 0 Å². The molecule has 7 nitrogen and oxygen atoms in total. The van der Waals surface area contributed by atoms with Crippen LogP contribution in [-0.4, -0.2) is 70.3 Å². The van der Waals surface area contributed by atoms with Crippen LogP contribution in [0.15, 0.2) is 18.6 Å². The van der Waals surface area contributed by atoms with Crippen LogP contribution in [0, 0.1) is 5.92 Å². The molecule has 1 atom stereocenters. The topological polar surface area (TPSA) is 69.6 Å². The van der Waals surface area contributed by atoms with Gasteiger partial charge in [0.25, 0.3) is 0 Å². The van der Waals surface area contributed by atoms with E-state index < -0.39 is 0 Å². The summed E-state index contributed by atoms with van der Waals surface area (Å²) in [4.78, 5) is 38.8. The third-order valence-corrected chi connectivity index (χ3v) is 4.60. The summed E-state index contributed by atoms with van der Waals surface area (Å²) in [5.74, 6) is 0.867. The second kappa shape index (κ2) is 6.52. The van der Waals surface area contributed by atoms with Gasteiger partial charge in [-0.3, -0.25) is 14.6 Å². The lowest BCUT2D eigenvalue weighted by Gasteiger charge is -2.36. The summed E-state index contributed by atoms with van der Waals surface area (Å²) in [6, 6.07) is 0.161. The molecular formula is C16H23N5O2. The van der Waals surface area contributed by atoms with Crippen LogP contribution in [0.5, 0.6) is 0 Å². The lowest BCUT2D eigenvalue weighted by molar-refractivity contribution is -0.136. The van der Waals surface area contributed by atoms with E-state index in [9.17, 15) is 9.59 Å². The molecule has 2 saturated heterocycles. The van der Waals surface area contributed by atoms with E-state index in [1.165, 1.54) is 0 Å². The smallest absolute Gasteiger partial charge is 0.228 e. The summed E-state index contributed by atoms with van der Waals surface area (Å²) in [7, 11) is 0. The SMILES string of the molecule is CC(C)N1C[C@@H](C(=O)N2CCN(c3cnccn3)CC2)CC1=O. The number of carbonyl (C=O) groups is 2. The number of likely N-dealkylation sites (tertiary alicyclic amines) is 1. The van der Waals surface area contributed by atoms with Crippen molar-refractivity contribution in [1.82, 2.24) is 19.8 Å². The van der Waals surface area contributed by atoms with E-state index in [2.05, 4.69) is 14.9 Å². The standard InChI is InChI=1S/C16H23N5O2/c1-12(2)21-11-13(9-15(21)22)16(23)20-7-5-19(6-8-20)14-10-17-3-4-18-14/h3-4,10,12-13H,5-9,11H2,1-2H3/t13-/m0/s1. The highest BCUT2D eigenvalue weighted by atomic mass is 16.2. The summed E-state index contributed by atoms with van der Waals surface area (Å²) in [5, 5.41) is 0. The first kappa shape index (κ1) is 15.7. The number of amides is 2. The molecular weight excluding hydrogens is 294 g/mol. The van der Waals surface area contributed by atoms with Gasteiger partial charge in [-0.1, -0.05) is 0 Å². The van der Waals surface area contributed by atoms with Gasteiger partial charge in [-0.15, -0.1) is 0 Å². The average molecular weight is 317 g/mol. The van der Waals surface area contributed by atoms with E-state index >= 15 is 0 Å². The Morgan fingerprint density at radius 1 is 1.22 bits per heavy atom. The lowest BCUT2D eigenvalue weighted by atomic mass is 10.1. The summed E-state index contributed by atoms with van der Waals surface area (Å²) in [5.41, 5.74) is 0. The monoisotopic (exact) mass is 317 g/mol. The van der Waals surface area contributed by atoms with Crippen molar-refractivity contribution in [1.29, 1.82) is 0 Å². The average Bonchev–Trinajstić information content (AvgIpc) is 2.97. The summed E-state index contributed by atoms with van der Waals surface area (Å²) >= 11 is 0. The van der Waals surface area contributed by atoms with Crippen LogP contribution in [0.1, 0.15) is 20.3 Å². The van der Waals surface area contributed by atoms with Gasteiger partial charge in [-0.25, -0.2) is 4.98 Å². The van der Waals surface area contributed by atoms with Crippen molar-refractivity contribution in [2.24, 2.45) is 5.92 Å². The van der Waals surface area contributed by atoms with Gasteiger partial charge in [0, 0.05) is 57.6 Å².